The molecule has 30 heavy (non-hydrogen) atoms. The van der Waals surface area contributed by atoms with Gasteiger partial charge >= 0.3 is 0 Å². The zero-order valence-corrected chi connectivity index (χ0v) is 15.7. The first kappa shape index (κ1) is 19.1. The van der Waals surface area contributed by atoms with E-state index >= 15 is 0 Å². The number of hydrogen-bond donors (Lipinski definition) is 3. The van der Waals surface area contributed by atoms with Crippen molar-refractivity contribution in [2.75, 3.05) is 0 Å². The van der Waals surface area contributed by atoms with E-state index in [1.54, 1.807) is 30.6 Å². The number of ketones is 1. The standard InChI is InChI=1S/C21H17N5O4/c22-20(28)18(27)16(9-12-10-24-14-6-2-1-5-13(12)14)26-21(29)19-17(25-11-30-19)15-7-3-4-8-23-15/h1-8,10-11,16,24H,9H2,(H2,22,28)(H,26,29). The Morgan fingerprint density at radius 2 is 1.90 bits per heavy atom. The number of rotatable bonds is 7. The molecule has 0 aliphatic heterocycles. The van der Waals surface area contributed by atoms with E-state index in [9.17, 15) is 14.4 Å². The van der Waals surface area contributed by atoms with E-state index < -0.39 is 23.6 Å². The molecule has 0 saturated heterocycles. The van der Waals surface area contributed by atoms with Gasteiger partial charge < -0.3 is 20.5 Å². The summed E-state index contributed by atoms with van der Waals surface area (Å²) in [6.45, 7) is 0. The van der Waals surface area contributed by atoms with E-state index in [-0.39, 0.29) is 17.9 Å². The predicted molar refractivity (Wildman–Crippen MR) is 107 cm³/mol. The minimum absolute atomic E-state index is 0.0740. The molecule has 4 aromatic rings. The molecule has 4 rings (SSSR count). The number of aromatic nitrogens is 3. The van der Waals surface area contributed by atoms with Crippen molar-refractivity contribution < 1.29 is 18.8 Å². The molecule has 1 atom stereocenters. The largest absolute Gasteiger partial charge is 0.438 e. The van der Waals surface area contributed by atoms with Crippen molar-refractivity contribution in [3.8, 4) is 11.4 Å². The van der Waals surface area contributed by atoms with Crippen molar-refractivity contribution >= 4 is 28.5 Å². The quantitative estimate of drug-likeness (QED) is 0.400. The molecule has 0 aliphatic rings. The molecule has 150 valence electrons. The third-order valence-electron chi connectivity index (χ3n) is 4.64. The van der Waals surface area contributed by atoms with Crippen LogP contribution in [0.5, 0.6) is 0 Å². The minimum atomic E-state index is -1.17. The Labute approximate surface area is 170 Å². The van der Waals surface area contributed by atoms with Crippen molar-refractivity contribution in [2.24, 2.45) is 5.73 Å². The maximum atomic E-state index is 12.8. The lowest BCUT2D eigenvalue weighted by atomic mass is 10.0. The minimum Gasteiger partial charge on any atom is -0.438 e. The highest BCUT2D eigenvalue weighted by atomic mass is 16.3. The van der Waals surface area contributed by atoms with E-state index in [4.69, 9.17) is 10.2 Å². The number of primary amides is 1. The van der Waals surface area contributed by atoms with E-state index in [0.29, 0.717) is 5.69 Å². The van der Waals surface area contributed by atoms with Crippen LogP contribution in [0.3, 0.4) is 0 Å². The topological polar surface area (TPSA) is 144 Å². The molecule has 3 heterocycles. The van der Waals surface area contributed by atoms with Gasteiger partial charge in [-0.25, -0.2) is 4.98 Å². The number of hydrogen-bond acceptors (Lipinski definition) is 6. The number of nitrogens with two attached hydrogens (primary N) is 1. The molecule has 9 heteroatoms. The average molecular weight is 403 g/mol. The smallest absolute Gasteiger partial charge is 0.290 e. The molecule has 0 fully saturated rings. The van der Waals surface area contributed by atoms with Crippen LogP contribution in [0.1, 0.15) is 16.1 Å². The van der Waals surface area contributed by atoms with Crippen LogP contribution in [0.4, 0.5) is 0 Å². The highest BCUT2D eigenvalue weighted by Crippen LogP contribution is 2.21. The van der Waals surface area contributed by atoms with E-state index in [1.165, 1.54) is 0 Å². The molecular formula is C21H17N5O4. The lowest BCUT2D eigenvalue weighted by molar-refractivity contribution is -0.137. The van der Waals surface area contributed by atoms with Gasteiger partial charge in [0.25, 0.3) is 11.8 Å². The van der Waals surface area contributed by atoms with E-state index in [2.05, 4.69) is 20.3 Å². The normalized spacial score (nSPS) is 11.9. The lowest BCUT2D eigenvalue weighted by Crippen LogP contribution is -2.47. The number of H-pyrrole nitrogens is 1. The van der Waals surface area contributed by atoms with Crippen LogP contribution < -0.4 is 11.1 Å². The Bertz CT molecular complexity index is 1230. The first-order chi connectivity index (χ1) is 14.5. The molecule has 4 N–H and O–H groups in total. The molecule has 0 aliphatic carbocycles. The average Bonchev–Trinajstić information content (AvgIpc) is 3.41. The monoisotopic (exact) mass is 403 g/mol. The zero-order chi connectivity index (χ0) is 21.1. The van der Waals surface area contributed by atoms with Gasteiger partial charge in [-0.2, -0.15) is 0 Å². The summed E-state index contributed by atoms with van der Waals surface area (Å²) in [7, 11) is 0. The molecular weight excluding hydrogens is 386 g/mol. The van der Waals surface area contributed by atoms with Gasteiger partial charge in [-0.15, -0.1) is 0 Å². The van der Waals surface area contributed by atoms with E-state index in [1.807, 2.05) is 24.3 Å². The molecule has 3 aromatic heterocycles. The number of Topliss-reactive ketones (excluding diaryl/α,β-unsaturated/α-hetero) is 1. The van der Waals surface area contributed by atoms with E-state index in [0.717, 1.165) is 22.9 Å². The maximum Gasteiger partial charge on any atom is 0.290 e. The summed E-state index contributed by atoms with van der Waals surface area (Å²) in [4.78, 5) is 48.1. The number of carbonyl (C=O) groups excluding carboxylic acids is 3. The summed E-state index contributed by atoms with van der Waals surface area (Å²) in [5.74, 6) is -2.86. The first-order valence-electron chi connectivity index (χ1n) is 9.09. The molecule has 0 radical (unpaired) electrons. The molecule has 9 nitrogen and oxygen atoms in total. The van der Waals surface area contributed by atoms with Gasteiger partial charge in [0.15, 0.2) is 6.39 Å². The van der Waals surface area contributed by atoms with Gasteiger partial charge in [0.1, 0.15) is 11.7 Å². The van der Waals surface area contributed by atoms with Gasteiger partial charge in [0.2, 0.25) is 11.5 Å². The van der Waals surface area contributed by atoms with Crippen LogP contribution in [0.25, 0.3) is 22.3 Å². The summed E-state index contributed by atoms with van der Waals surface area (Å²) < 4.78 is 5.23. The number of para-hydroxylation sites is 1. The van der Waals surface area contributed by atoms with Crippen LogP contribution >= 0.6 is 0 Å². The van der Waals surface area contributed by atoms with Crippen LogP contribution in [-0.4, -0.2) is 38.6 Å². The van der Waals surface area contributed by atoms with Gasteiger partial charge in [0.05, 0.1) is 5.69 Å². The number of carbonyl (C=O) groups is 3. The number of benzene rings is 1. The number of pyridine rings is 1. The molecule has 2 amide bonds. The zero-order valence-electron chi connectivity index (χ0n) is 15.7. The van der Waals surface area contributed by atoms with Crippen molar-refractivity contribution in [1.29, 1.82) is 0 Å². The summed E-state index contributed by atoms with van der Waals surface area (Å²) in [5.41, 5.74) is 7.49. The van der Waals surface area contributed by atoms with Gasteiger partial charge in [0, 0.05) is 29.7 Å². The van der Waals surface area contributed by atoms with Crippen LogP contribution in [0, 0.1) is 0 Å². The number of amides is 2. The number of nitrogens with one attached hydrogen (secondary N) is 2. The SMILES string of the molecule is NC(=O)C(=O)C(Cc1c[nH]c2ccccc12)NC(=O)c1ocnc1-c1ccccn1. The molecule has 0 saturated carbocycles. The Kier molecular flexibility index (Phi) is 5.08. The van der Waals surface area contributed by atoms with Crippen LogP contribution in [0.2, 0.25) is 0 Å². The molecule has 0 bridgehead atoms. The fourth-order valence-corrected chi connectivity index (χ4v) is 3.22. The Morgan fingerprint density at radius 3 is 2.67 bits per heavy atom. The first-order valence-corrected chi connectivity index (χ1v) is 9.09. The number of aromatic amines is 1. The molecule has 0 spiro atoms. The fourth-order valence-electron chi connectivity index (χ4n) is 3.22. The third-order valence-corrected chi connectivity index (χ3v) is 4.64. The second-order valence-corrected chi connectivity index (χ2v) is 6.56. The van der Waals surface area contributed by atoms with Gasteiger partial charge in [-0.1, -0.05) is 24.3 Å². The molecule has 1 unspecified atom stereocenters. The second kappa shape index (κ2) is 8.00. The highest BCUT2D eigenvalue weighted by Gasteiger charge is 2.29. The Hall–Kier alpha value is -4.27. The van der Waals surface area contributed by atoms with Gasteiger partial charge in [-0.05, 0) is 23.8 Å². The van der Waals surface area contributed by atoms with Crippen LogP contribution in [-0.2, 0) is 16.0 Å². The second-order valence-electron chi connectivity index (χ2n) is 6.56. The summed E-state index contributed by atoms with van der Waals surface area (Å²) in [6.07, 6.45) is 4.47. The van der Waals surface area contributed by atoms with Crippen molar-refractivity contribution in [2.45, 2.75) is 12.5 Å². The number of oxazole rings is 1. The number of nitrogens with zero attached hydrogens (tertiary/aromatic N) is 2. The van der Waals surface area contributed by atoms with Crippen molar-refractivity contribution in [3.63, 3.8) is 0 Å². The molecule has 1 aromatic carbocycles. The van der Waals surface area contributed by atoms with Crippen LogP contribution in [0.15, 0.2) is 65.7 Å². The number of fused-ring (bicyclic) bond motifs is 1. The Morgan fingerprint density at radius 1 is 1.10 bits per heavy atom. The summed E-state index contributed by atoms with van der Waals surface area (Å²) in [5, 5.41) is 3.43. The summed E-state index contributed by atoms with van der Waals surface area (Å²) >= 11 is 0. The fraction of sp³-hybridized carbons (Fsp3) is 0.0952. The van der Waals surface area contributed by atoms with Crippen molar-refractivity contribution in [3.05, 3.63) is 72.6 Å². The lowest BCUT2D eigenvalue weighted by Gasteiger charge is -2.15. The maximum absolute atomic E-state index is 12.8. The summed E-state index contributed by atoms with van der Waals surface area (Å²) in [6, 6.07) is 11.5. The third kappa shape index (κ3) is 3.68. The Balaban J connectivity index is 1.62. The van der Waals surface area contributed by atoms with Crippen molar-refractivity contribution in [1.82, 2.24) is 20.3 Å². The highest BCUT2D eigenvalue weighted by molar-refractivity contribution is 6.38. The van der Waals surface area contributed by atoms with Gasteiger partial charge in [-0.3, -0.25) is 19.4 Å². The predicted octanol–water partition coefficient (Wildman–Crippen LogP) is 1.61.